The number of H-pyrrole nitrogens is 1. The number of benzene rings is 1. The first-order chi connectivity index (χ1) is 14.6. The van der Waals surface area contributed by atoms with Gasteiger partial charge in [0.05, 0.1) is 6.04 Å². The lowest BCUT2D eigenvalue weighted by atomic mass is 10.0. The van der Waals surface area contributed by atoms with Crippen LogP contribution in [0.5, 0.6) is 0 Å². The number of rotatable bonds is 7. The van der Waals surface area contributed by atoms with E-state index >= 15 is 0 Å². The number of hydrogen-bond acceptors (Lipinski definition) is 5. The zero-order valence-corrected chi connectivity index (χ0v) is 17.9. The number of thiophene rings is 1. The molecule has 5 nitrogen and oxygen atoms in total. The minimum Gasteiger partial charge on any atom is -0.362 e. The van der Waals surface area contributed by atoms with Crippen molar-refractivity contribution in [3.8, 4) is 11.4 Å². The van der Waals surface area contributed by atoms with E-state index in [4.69, 9.17) is 0 Å². The van der Waals surface area contributed by atoms with Crippen molar-refractivity contribution in [3.63, 3.8) is 0 Å². The number of anilines is 1. The second-order valence-electron chi connectivity index (χ2n) is 7.23. The van der Waals surface area contributed by atoms with Crippen molar-refractivity contribution in [1.29, 1.82) is 0 Å². The molecule has 1 aromatic carbocycles. The Morgan fingerprint density at radius 1 is 1.13 bits per heavy atom. The fourth-order valence-corrected chi connectivity index (χ4v) is 4.40. The normalized spacial score (nSPS) is 11.9. The topological polar surface area (TPSA) is 70.7 Å². The van der Waals surface area contributed by atoms with Crippen LogP contribution >= 0.6 is 11.3 Å². The Balaban J connectivity index is 1.58. The molecule has 0 saturated heterocycles. The lowest BCUT2D eigenvalue weighted by Gasteiger charge is -2.20. The zero-order chi connectivity index (χ0) is 20.9. The van der Waals surface area contributed by atoms with Crippen LogP contribution in [0.1, 0.15) is 34.7 Å². The van der Waals surface area contributed by atoms with Gasteiger partial charge in [0.25, 0.3) is 5.56 Å². The van der Waals surface area contributed by atoms with Gasteiger partial charge in [-0.3, -0.25) is 4.79 Å². The van der Waals surface area contributed by atoms with Gasteiger partial charge in [-0.15, -0.1) is 11.3 Å². The number of nitrogens with zero attached hydrogens (tertiary/aromatic N) is 2. The predicted octanol–water partition coefficient (Wildman–Crippen LogP) is 5.16. The smallest absolute Gasteiger partial charge is 0.251 e. The second kappa shape index (κ2) is 9.05. The average Bonchev–Trinajstić information content (AvgIpc) is 3.20. The van der Waals surface area contributed by atoms with Crippen LogP contribution in [-0.4, -0.2) is 15.0 Å². The van der Waals surface area contributed by atoms with Crippen molar-refractivity contribution in [3.05, 3.63) is 98.2 Å². The molecule has 3 aromatic heterocycles. The largest absolute Gasteiger partial charge is 0.362 e. The highest BCUT2D eigenvalue weighted by Crippen LogP contribution is 2.30. The van der Waals surface area contributed by atoms with E-state index in [0.29, 0.717) is 12.2 Å². The standard InChI is InChI=1S/C24H24N4OS/c1-3-19-14-22(29)28-24(26-19)18-9-10-21(25-15-18)27-20(23-16(2)11-12-30-23)13-17-7-5-4-6-8-17/h4-12,14-15,20H,3,13H2,1-2H3,(H,25,27)(H,26,28,29). The first-order valence-electron chi connectivity index (χ1n) is 10.0. The van der Waals surface area contributed by atoms with Crippen LogP contribution in [0.2, 0.25) is 0 Å². The third-order valence-electron chi connectivity index (χ3n) is 5.02. The summed E-state index contributed by atoms with van der Waals surface area (Å²) in [7, 11) is 0. The van der Waals surface area contributed by atoms with E-state index in [9.17, 15) is 4.79 Å². The van der Waals surface area contributed by atoms with Gasteiger partial charge >= 0.3 is 0 Å². The third kappa shape index (κ3) is 4.66. The first kappa shape index (κ1) is 20.0. The van der Waals surface area contributed by atoms with Crippen LogP contribution in [0.3, 0.4) is 0 Å². The maximum atomic E-state index is 11.9. The predicted molar refractivity (Wildman–Crippen MR) is 123 cm³/mol. The molecule has 0 aliphatic heterocycles. The van der Waals surface area contributed by atoms with Gasteiger partial charge in [0.1, 0.15) is 11.6 Å². The summed E-state index contributed by atoms with van der Waals surface area (Å²) in [4.78, 5) is 25.1. The van der Waals surface area contributed by atoms with E-state index in [1.54, 1.807) is 17.5 Å². The van der Waals surface area contributed by atoms with Crippen LogP contribution < -0.4 is 10.9 Å². The third-order valence-corrected chi connectivity index (χ3v) is 6.15. The van der Waals surface area contributed by atoms with E-state index in [1.807, 2.05) is 25.1 Å². The van der Waals surface area contributed by atoms with Crippen molar-refractivity contribution in [2.75, 3.05) is 5.32 Å². The number of aryl methyl sites for hydroxylation is 2. The zero-order valence-electron chi connectivity index (χ0n) is 17.1. The van der Waals surface area contributed by atoms with Crippen LogP contribution in [0.4, 0.5) is 5.82 Å². The van der Waals surface area contributed by atoms with Crippen molar-refractivity contribution < 1.29 is 0 Å². The Hall–Kier alpha value is -3.25. The summed E-state index contributed by atoms with van der Waals surface area (Å²) in [6, 6.07) is 18.2. The first-order valence-corrected chi connectivity index (χ1v) is 10.9. The van der Waals surface area contributed by atoms with Crippen molar-refractivity contribution in [2.45, 2.75) is 32.7 Å². The van der Waals surface area contributed by atoms with Crippen LogP contribution in [0, 0.1) is 6.92 Å². The highest BCUT2D eigenvalue weighted by atomic mass is 32.1. The van der Waals surface area contributed by atoms with Gasteiger partial charge in [0.2, 0.25) is 0 Å². The average molecular weight is 417 g/mol. The number of aromatic nitrogens is 3. The molecule has 2 N–H and O–H groups in total. The van der Waals surface area contributed by atoms with E-state index in [2.05, 4.69) is 62.9 Å². The summed E-state index contributed by atoms with van der Waals surface area (Å²) in [5.74, 6) is 1.34. The maximum Gasteiger partial charge on any atom is 0.251 e. The summed E-state index contributed by atoms with van der Waals surface area (Å²) in [5, 5.41) is 5.72. The number of pyridine rings is 1. The van der Waals surface area contributed by atoms with Crippen molar-refractivity contribution >= 4 is 17.2 Å². The highest BCUT2D eigenvalue weighted by Gasteiger charge is 2.17. The molecule has 4 rings (SSSR count). The molecule has 1 atom stereocenters. The molecule has 0 aliphatic rings. The van der Waals surface area contributed by atoms with E-state index in [-0.39, 0.29) is 11.6 Å². The molecule has 4 aromatic rings. The molecule has 3 heterocycles. The van der Waals surface area contributed by atoms with E-state index in [0.717, 1.165) is 23.5 Å². The summed E-state index contributed by atoms with van der Waals surface area (Å²) in [5.41, 5.74) is 3.97. The van der Waals surface area contributed by atoms with Gasteiger partial charge in [-0.05, 0) is 54.5 Å². The molecule has 0 aliphatic carbocycles. The molecule has 0 saturated carbocycles. The molecular formula is C24H24N4OS. The number of nitrogens with one attached hydrogen (secondary N) is 2. The number of hydrogen-bond donors (Lipinski definition) is 2. The molecule has 152 valence electrons. The minimum absolute atomic E-state index is 0.132. The van der Waals surface area contributed by atoms with Crippen molar-refractivity contribution in [2.24, 2.45) is 0 Å². The molecular weight excluding hydrogens is 392 g/mol. The van der Waals surface area contributed by atoms with Crippen LogP contribution in [-0.2, 0) is 12.8 Å². The lowest BCUT2D eigenvalue weighted by molar-refractivity contribution is 0.780. The van der Waals surface area contributed by atoms with Crippen LogP contribution in [0.15, 0.2) is 71.0 Å². The highest BCUT2D eigenvalue weighted by molar-refractivity contribution is 7.10. The summed E-state index contributed by atoms with van der Waals surface area (Å²) >= 11 is 1.76. The van der Waals surface area contributed by atoms with Gasteiger partial charge in [0, 0.05) is 28.4 Å². The van der Waals surface area contributed by atoms with Crippen LogP contribution in [0.25, 0.3) is 11.4 Å². The monoisotopic (exact) mass is 416 g/mol. The molecule has 0 spiro atoms. The Kier molecular flexibility index (Phi) is 6.05. The Bertz CT molecular complexity index is 1170. The van der Waals surface area contributed by atoms with Gasteiger partial charge < -0.3 is 10.3 Å². The van der Waals surface area contributed by atoms with Gasteiger partial charge in [-0.1, -0.05) is 37.3 Å². The fraction of sp³-hybridized carbons (Fsp3) is 0.208. The van der Waals surface area contributed by atoms with Gasteiger partial charge in [-0.25, -0.2) is 9.97 Å². The second-order valence-corrected chi connectivity index (χ2v) is 8.17. The molecule has 0 radical (unpaired) electrons. The number of aromatic amines is 1. The lowest BCUT2D eigenvalue weighted by Crippen LogP contribution is -2.14. The molecule has 30 heavy (non-hydrogen) atoms. The Morgan fingerprint density at radius 2 is 1.97 bits per heavy atom. The summed E-state index contributed by atoms with van der Waals surface area (Å²) < 4.78 is 0. The Morgan fingerprint density at radius 3 is 2.63 bits per heavy atom. The van der Waals surface area contributed by atoms with Gasteiger partial charge in [0.15, 0.2) is 0 Å². The molecule has 0 bridgehead atoms. The summed E-state index contributed by atoms with van der Waals surface area (Å²) in [6.45, 7) is 4.13. The van der Waals surface area contributed by atoms with E-state index < -0.39 is 0 Å². The Labute approximate surface area is 179 Å². The maximum absolute atomic E-state index is 11.9. The quantitative estimate of drug-likeness (QED) is 0.437. The molecule has 0 amide bonds. The SMILES string of the molecule is CCc1cc(=O)[nH]c(-c2ccc(NC(Cc3ccccc3)c3sccc3C)nc2)n1. The molecule has 1 unspecified atom stereocenters. The summed E-state index contributed by atoms with van der Waals surface area (Å²) in [6.07, 6.45) is 3.34. The van der Waals surface area contributed by atoms with Gasteiger partial charge in [-0.2, -0.15) is 0 Å². The van der Waals surface area contributed by atoms with Crippen molar-refractivity contribution in [1.82, 2.24) is 15.0 Å². The molecule has 0 fully saturated rings. The molecule has 6 heteroatoms. The fourth-order valence-electron chi connectivity index (χ4n) is 3.42. The van der Waals surface area contributed by atoms with E-state index in [1.165, 1.54) is 22.1 Å². The minimum atomic E-state index is -0.143.